The van der Waals surface area contributed by atoms with Crippen LogP contribution >= 0.6 is 0 Å². The number of hydrogen-bond acceptors (Lipinski definition) is 8. The highest BCUT2D eigenvalue weighted by molar-refractivity contribution is 5.79. The van der Waals surface area contributed by atoms with Crippen LogP contribution in [0.15, 0.2) is 51.3 Å². The molecule has 0 amide bonds. The highest BCUT2D eigenvalue weighted by Crippen LogP contribution is 2.19. The maximum atomic E-state index is 12.2. The Morgan fingerprint density at radius 3 is 2.30 bits per heavy atom. The molecule has 0 radical (unpaired) electrons. The van der Waals surface area contributed by atoms with Crippen molar-refractivity contribution in [3.63, 3.8) is 0 Å². The van der Waals surface area contributed by atoms with Gasteiger partial charge in [0, 0.05) is 24.6 Å². The fraction of sp³-hybridized carbons (Fsp3) is 0.364. The highest BCUT2D eigenvalue weighted by atomic mass is 16.5. The van der Waals surface area contributed by atoms with E-state index < -0.39 is 24.0 Å². The predicted octanol–water partition coefficient (Wildman–Crippen LogP) is 2.11. The van der Waals surface area contributed by atoms with Gasteiger partial charge in [0.2, 0.25) is 0 Å². The van der Waals surface area contributed by atoms with Crippen LogP contribution in [0.2, 0.25) is 0 Å². The van der Waals surface area contributed by atoms with Crippen molar-refractivity contribution in [2.24, 2.45) is 11.5 Å². The van der Waals surface area contributed by atoms with Gasteiger partial charge in [-0.2, -0.15) is 0 Å². The third-order valence-electron chi connectivity index (χ3n) is 4.52. The monoisotopic (exact) mass is 414 g/mol. The van der Waals surface area contributed by atoms with E-state index in [1.165, 1.54) is 0 Å². The molecule has 160 valence electrons. The minimum atomic E-state index is -0.819. The maximum absolute atomic E-state index is 12.2. The van der Waals surface area contributed by atoms with E-state index in [0.29, 0.717) is 23.7 Å². The number of fused-ring (bicyclic) bond motifs is 1. The topological polar surface area (TPSA) is 131 Å². The molecule has 0 saturated carbocycles. The summed E-state index contributed by atoms with van der Waals surface area (Å²) in [6.45, 7) is 2.13. The first-order chi connectivity index (χ1) is 14.5. The summed E-state index contributed by atoms with van der Waals surface area (Å²) in [4.78, 5) is 23.7. The van der Waals surface area contributed by atoms with Crippen molar-refractivity contribution < 1.29 is 27.9 Å². The van der Waals surface area contributed by atoms with Crippen LogP contribution in [0, 0.1) is 0 Å². The van der Waals surface area contributed by atoms with E-state index in [1.807, 2.05) is 30.3 Å². The second-order valence-corrected chi connectivity index (χ2v) is 6.91. The Kier molecular flexibility index (Phi) is 7.26. The maximum Gasteiger partial charge on any atom is 0.323 e. The molecule has 8 heteroatoms. The zero-order valence-electron chi connectivity index (χ0n) is 16.8. The molecule has 2 unspecified atom stereocenters. The van der Waals surface area contributed by atoms with Crippen molar-refractivity contribution in [1.82, 2.24) is 0 Å². The molecule has 0 spiro atoms. The van der Waals surface area contributed by atoms with E-state index in [-0.39, 0.29) is 26.1 Å². The van der Waals surface area contributed by atoms with Gasteiger partial charge in [-0.1, -0.05) is 18.2 Å². The van der Waals surface area contributed by atoms with Crippen LogP contribution in [-0.4, -0.2) is 37.2 Å². The van der Waals surface area contributed by atoms with Crippen molar-refractivity contribution in [3.05, 3.63) is 59.7 Å². The highest BCUT2D eigenvalue weighted by Gasteiger charge is 2.19. The second-order valence-electron chi connectivity index (χ2n) is 6.91. The van der Waals surface area contributed by atoms with Crippen LogP contribution in [0.5, 0.6) is 0 Å². The molecule has 8 nitrogen and oxygen atoms in total. The molecule has 1 aromatic carbocycles. The number of nitrogens with two attached hydrogens (primary N) is 2. The van der Waals surface area contributed by atoms with Crippen LogP contribution in [0.25, 0.3) is 11.0 Å². The summed E-state index contributed by atoms with van der Waals surface area (Å²) < 4.78 is 21.4. The molecule has 0 aliphatic rings. The van der Waals surface area contributed by atoms with Gasteiger partial charge >= 0.3 is 11.9 Å². The van der Waals surface area contributed by atoms with E-state index in [0.717, 1.165) is 11.0 Å². The average molecular weight is 414 g/mol. The van der Waals surface area contributed by atoms with E-state index in [2.05, 4.69) is 0 Å². The minimum Gasteiger partial charge on any atom is -0.466 e. The van der Waals surface area contributed by atoms with Gasteiger partial charge in [0.25, 0.3) is 0 Å². The number of para-hydroxylation sites is 1. The van der Waals surface area contributed by atoms with Crippen LogP contribution in [0.3, 0.4) is 0 Å². The smallest absolute Gasteiger partial charge is 0.323 e. The van der Waals surface area contributed by atoms with E-state index in [4.69, 9.17) is 29.8 Å². The van der Waals surface area contributed by atoms with Gasteiger partial charge < -0.3 is 29.8 Å². The lowest BCUT2D eigenvalue weighted by atomic mass is 10.1. The van der Waals surface area contributed by atoms with Crippen LogP contribution in [0.1, 0.15) is 24.2 Å². The quantitative estimate of drug-likeness (QED) is 0.482. The number of rotatable bonds is 10. The first kappa shape index (κ1) is 21.6. The number of carbonyl (C=O) groups excluding carboxylic acids is 2. The minimum absolute atomic E-state index is 0.129. The molecule has 2 aromatic heterocycles. The largest absolute Gasteiger partial charge is 0.466 e. The summed E-state index contributed by atoms with van der Waals surface area (Å²) in [5.74, 6) is 0.849. The van der Waals surface area contributed by atoms with Crippen molar-refractivity contribution in [3.8, 4) is 0 Å². The molecular formula is C22H26N2O6. The Labute approximate surface area is 174 Å². The number of carbonyl (C=O) groups is 2. The first-order valence-electron chi connectivity index (χ1n) is 9.85. The summed E-state index contributed by atoms with van der Waals surface area (Å²) in [5, 5.41) is 0.962. The third-order valence-corrected chi connectivity index (χ3v) is 4.52. The summed E-state index contributed by atoms with van der Waals surface area (Å²) in [5.41, 5.74) is 12.5. The van der Waals surface area contributed by atoms with Gasteiger partial charge in [-0.05, 0) is 31.2 Å². The van der Waals surface area contributed by atoms with Crippen LogP contribution < -0.4 is 11.5 Å². The predicted molar refractivity (Wildman–Crippen MR) is 110 cm³/mol. The number of hydrogen-bond donors (Lipinski definition) is 2. The molecular weight excluding hydrogens is 388 g/mol. The van der Waals surface area contributed by atoms with Crippen molar-refractivity contribution in [2.45, 2.75) is 38.3 Å². The molecule has 0 bridgehead atoms. The Morgan fingerprint density at radius 1 is 0.900 bits per heavy atom. The van der Waals surface area contributed by atoms with Gasteiger partial charge in [-0.15, -0.1) is 0 Å². The standard InChI is InChI=1S/C22H26N2O6/c1-2-27-21(25)18(23)12-16-8-7-15(29-16)9-10-28-22(26)19(24)13-17-11-14-5-3-4-6-20(14)30-17/h3-8,11,18-19H,2,9-10,12-13,23-24H2,1H3. The molecule has 30 heavy (non-hydrogen) atoms. The average Bonchev–Trinajstić information content (AvgIpc) is 3.34. The Balaban J connectivity index is 1.42. The molecule has 0 fully saturated rings. The Hall–Kier alpha value is -3.10. The second kappa shape index (κ2) is 10.1. The SMILES string of the molecule is CCOC(=O)C(N)Cc1ccc(CCOC(=O)C(N)Cc2cc3ccccc3o2)o1. The molecule has 3 rings (SSSR count). The third kappa shape index (κ3) is 5.71. The molecule has 0 saturated heterocycles. The molecule has 4 N–H and O–H groups in total. The van der Waals surface area contributed by atoms with E-state index >= 15 is 0 Å². The lowest BCUT2D eigenvalue weighted by Crippen LogP contribution is -2.34. The fourth-order valence-corrected chi connectivity index (χ4v) is 3.01. The van der Waals surface area contributed by atoms with Crippen molar-refractivity contribution >= 4 is 22.9 Å². The normalized spacial score (nSPS) is 13.2. The van der Waals surface area contributed by atoms with Gasteiger partial charge in [0.05, 0.1) is 13.2 Å². The van der Waals surface area contributed by atoms with Gasteiger partial charge in [0.1, 0.15) is 34.9 Å². The van der Waals surface area contributed by atoms with E-state index in [9.17, 15) is 9.59 Å². The zero-order valence-corrected chi connectivity index (χ0v) is 16.8. The molecule has 0 aliphatic carbocycles. The Bertz CT molecular complexity index is 959. The molecule has 0 aliphatic heterocycles. The molecule has 2 atom stereocenters. The van der Waals surface area contributed by atoms with Crippen molar-refractivity contribution in [1.29, 1.82) is 0 Å². The number of esters is 2. The number of furan rings is 2. The number of benzene rings is 1. The van der Waals surface area contributed by atoms with Gasteiger partial charge in [0.15, 0.2) is 0 Å². The van der Waals surface area contributed by atoms with Gasteiger partial charge in [-0.25, -0.2) is 0 Å². The fourth-order valence-electron chi connectivity index (χ4n) is 3.01. The lowest BCUT2D eigenvalue weighted by molar-refractivity contribution is -0.146. The molecule has 3 aromatic rings. The number of ether oxygens (including phenoxy) is 2. The first-order valence-corrected chi connectivity index (χ1v) is 9.85. The van der Waals surface area contributed by atoms with Crippen LogP contribution in [0.4, 0.5) is 0 Å². The summed E-state index contributed by atoms with van der Waals surface area (Å²) >= 11 is 0. The van der Waals surface area contributed by atoms with Gasteiger partial charge in [-0.3, -0.25) is 9.59 Å². The Morgan fingerprint density at radius 2 is 1.57 bits per heavy atom. The summed E-state index contributed by atoms with van der Waals surface area (Å²) in [6, 6.07) is 11.4. The van der Waals surface area contributed by atoms with E-state index in [1.54, 1.807) is 19.1 Å². The van der Waals surface area contributed by atoms with Crippen LogP contribution in [-0.2, 0) is 38.3 Å². The summed E-state index contributed by atoms with van der Waals surface area (Å²) in [7, 11) is 0. The zero-order chi connectivity index (χ0) is 21.5. The lowest BCUT2D eigenvalue weighted by Gasteiger charge is -2.10. The van der Waals surface area contributed by atoms with Crippen molar-refractivity contribution in [2.75, 3.05) is 13.2 Å². The molecule has 2 heterocycles. The summed E-state index contributed by atoms with van der Waals surface area (Å²) in [6.07, 6.45) is 0.878.